The van der Waals surface area contributed by atoms with E-state index in [1.807, 2.05) is 18.2 Å². The Bertz CT molecular complexity index is 1190. The number of ketones is 1. The SMILES string of the molecule is CC(=O)NCc1ccc(C(=O)C(C)OC(=O)c2ccc(=O)n(CCOc3ccccc3)n2)s1. The van der Waals surface area contributed by atoms with E-state index in [1.54, 1.807) is 24.3 Å². The first kappa shape index (κ1) is 23.9. The summed E-state index contributed by atoms with van der Waals surface area (Å²) in [6.07, 6.45) is -1.05. The third-order valence-electron chi connectivity index (χ3n) is 4.46. The number of hydrogen-bond acceptors (Lipinski definition) is 8. The molecule has 0 saturated heterocycles. The highest BCUT2D eigenvalue weighted by Gasteiger charge is 2.23. The predicted octanol–water partition coefficient (Wildman–Crippen LogP) is 2.45. The molecule has 0 aliphatic carbocycles. The summed E-state index contributed by atoms with van der Waals surface area (Å²) in [4.78, 5) is 49.4. The summed E-state index contributed by atoms with van der Waals surface area (Å²) in [5.41, 5.74) is -0.482. The maximum Gasteiger partial charge on any atom is 0.359 e. The van der Waals surface area contributed by atoms with E-state index in [2.05, 4.69) is 10.4 Å². The average Bonchev–Trinajstić information content (AvgIpc) is 3.28. The Balaban J connectivity index is 1.58. The molecule has 1 atom stereocenters. The lowest BCUT2D eigenvalue weighted by atomic mass is 10.2. The Morgan fingerprint density at radius 1 is 1.09 bits per heavy atom. The highest BCUT2D eigenvalue weighted by Crippen LogP contribution is 2.19. The van der Waals surface area contributed by atoms with E-state index in [0.29, 0.717) is 17.2 Å². The van der Waals surface area contributed by atoms with Crippen LogP contribution >= 0.6 is 11.3 Å². The Labute approximate surface area is 194 Å². The Morgan fingerprint density at radius 2 is 1.85 bits per heavy atom. The fraction of sp³-hybridized carbons (Fsp3) is 0.261. The lowest BCUT2D eigenvalue weighted by Crippen LogP contribution is -2.29. The minimum absolute atomic E-state index is 0.0912. The highest BCUT2D eigenvalue weighted by atomic mass is 32.1. The van der Waals surface area contributed by atoms with Gasteiger partial charge in [0.25, 0.3) is 5.56 Å². The molecule has 172 valence electrons. The largest absolute Gasteiger partial charge is 0.492 e. The van der Waals surface area contributed by atoms with Crippen molar-refractivity contribution in [2.24, 2.45) is 0 Å². The van der Waals surface area contributed by atoms with Crippen LogP contribution in [0.5, 0.6) is 5.75 Å². The smallest absolute Gasteiger partial charge is 0.359 e. The van der Waals surface area contributed by atoms with Gasteiger partial charge >= 0.3 is 5.97 Å². The number of thiophene rings is 1. The lowest BCUT2D eigenvalue weighted by Gasteiger charge is -2.12. The average molecular weight is 470 g/mol. The molecule has 33 heavy (non-hydrogen) atoms. The van der Waals surface area contributed by atoms with E-state index in [-0.39, 0.29) is 30.5 Å². The standard InChI is InChI=1S/C23H23N3O6S/c1-15(22(29)20-10-8-18(33-20)14-24-16(2)27)32-23(30)19-9-11-21(28)26(25-19)12-13-31-17-6-4-3-5-7-17/h3-11,15H,12-14H2,1-2H3,(H,24,27). The number of nitrogens with zero attached hydrogens (tertiary/aromatic N) is 2. The number of para-hydroxylation sites is 1. The van der Waals surface area contributed by atoms with Gasteiger partial charge < -0.3 is 14.8 Å². The third kappa shape index (κ3) is 6.84. The lowest BCUT2D eigenvalue weighted by molar-refractivity contribution is -0.119. The Hall–Kier alpha value is -3.79. The highest BCUT2D eigenvalue weighted by molar-refractivity contribution is 7.14. The maximum atomic E-state index is 12.6. The number of carbonyl (C=O) groups is 3. The van der Waals surface area contributed by atoms with E-state index in [1.165, 1.54) is 37.3 Å². The van der Waals surface area contributed by atoms with Crippen LogP contribution in [0, 0.1) is 0 Å². The van der Waals surface area contributed by atoms with Crippen LogP contribution in [0.4, 0.5) is 0 Å². The van der Waals surface area contributed by atoms with Gasteiger partial charge in [-0.15, -0.1) is 11.3 Å². The molecule has 3 rings (SSSR count). The van der Waals surface area contributed by atoms with Gasteiger partial charge in [0, 0.05) is 17.9 Å². The van der Waals surface area contributed by atoms with Crippen LogP contribution in [-0.4, -0.2) is 40.2 Å². The number of carbonyl (C=O) groups excluding carboxylic acids is 3. The van der Waals surface area contributed by atoms with E-state index < -0.39 is 17.6 Å². The van der Waals surface area contributed by atoms with Crippen LogP contribution in [0.25, 0.3) is 0 Å². The summed E-state index contributed by atoms with van der Waals surface area (Å²) < 4.78 is 11.9. The van der Waals surface area contributed by atoms with Gasteiger partial charge in [-0.25, -0.2) is 9.48 Å². The molecule has 10 heteroatoms. The number of amides is 1. The molecule has 0 aliphatic heterocycles. The van der Waals surface area contributed by atoms with Crippen molar-refractivity contribution in [1.29, 1.82) is 0 Å². The van der Waals surface area contributed by atoms with Gasteiger partial charge in [0.1, 0.15) is 12.4 Å². The Morgan fingerprint density at radius 3 is 2.58 bits per heavy atom. The first-order chi connectivity index (χ1) is 15.8. The van der Waals surface area contributed by atoms with Crippen molar-refractivity contribution in [3.8, 4) is 5.75 Å². The zero-order chi connectivity index (χ0) is 23.8. The number of ether oxygens (including phenoxy) is 2. The molecular weight excluding hydrogens is 446 g/mol. The van der Waals surface area contributed by atoms with Gasteiger partial charge in [-0.2, -0.15) is 5.10 Å². The van der Waals surface area contributed by atoms with Gasteiger partial charge in [0.2, 0.25) is 11.7 Å². The minimum Gasteiger partial charge on any atom is -0.492 e. The second-order valence-electron chi connectivity index (χ2n) is 7.03. The van der Waals surface area contributed by atoms with Crippen molar-refractivity contribution < 1.29 is 23.9 Å². The number of nitrogens with one attached hydrogen (secondary N) is 1. The molecule has 9 nitrogen and oxygen atoms in total. The summed E-state index contributed by atoms with van der Waals surface area (Å²) in [6, 6.07) is 14.9. The van der Waals surface area contributed by atoms with Crippen molar-refractivity contribution in [1.82, 2.24) is 15.1 Å². The number of benzene rings is 1. The third-order valence-corrected chi connectivity index (χ3v) is 5.56. The molecule has 1 unspecified atom stereocenters. The van der Waals surface area contributed by atoms with Crippen molar-refractivity contribution >= 4 is 29.0 Å². The van der Waals surface area contributed by atoms with E-state index in [4.69, 9.17) is 9.47 Å². The number of hydrogen-bond donors (Lipinski definition) is 1. The predicted molar refractivity (Wildman–Crippen MR) is 121 cm³/mol. The summed E-state index contributed by atoms with van der Waals surface area (Å²) in [7, 11) is 0. The van der Waals surface area contributed by atoms with Crippen molar-refractivity contribution in [3.05, 3.63) is 80.4 Å². The molecule has 3 aromatic rings. The minimum atomic E-state index is -1.05. The number of esters is 1. The Kier molecular flexibility index (Phi) is 8.09. The van der Waals surface area contributed by atoms with Gasteiger partial charge in [-0.3, -0.25) is 14.4 Å². The summed E-state index contributed by atoms with van der Waals surface area (Å²) >= 11 is 1.22. The normalized spacial score (nSPS) is 11.5. The van der Waals surface area contributed by atoms with Crippen LogP contribution in [-0.2, 0) is 22.6 Å². The molecule has 0 aliphatic rings. The number of Topliss-reactive ketones (excluding diaryl/α,β-unsaturated/α-hetero) is 1. The second kappa shape index (κ2) is 11.2. The van der Waals surface area contributed by atoms with Gasteiger partial charge in [-0.1, -0.05) is 18.2 Å². The summed E-state index contributed by atoms with van der Waals surface area (Å²) in [5, 5.41) is 6.69. The molecule has 2 heterocycles. The quantitative estimate of drug-likeness (QED) is 0.358. The topological polar surface area (TPSA) is 117 Å². The molecule has 0 radical (unpaired) electrons. The number of rotatable bonds is 10. The number of aromatic nitrogens is 2. The van der Waals surface area contributed by atoms with E-state index in [0.717, 1.165) is 9.56 Å². The summed E-state index contributed by atoms with van der Waals surface area (Å²) in [6.45, 7) is 3.52. The second-order valence-corrected chi connectivity index (χ2v) is 8.20. The fourth-order valence-corrected chi connectivity index (χ4v) is 3.74. The van der Waals surface area contributed by atoms with Crippen LogP contribution in [0.15, 0.2) is 59.4 Å². The van der Waals surface area contributed by atoms with Gasteiger partial charge in [0.05, 0.1) is 18.0 Å². The zero-order valence-corrected chi connectivity index (χ0v) is 19.0. The molecular formula is C23H23N3O6S. The fourth-order valence-electron chi connectivity index (χ4n) is 2.78. The zero-order valence-electron chi connectivity index (χ0n) is 18.1. The van der Waals surface area contributed by atoms with E-state index >= 15 is 0 Å². The van der Waals surface area contributed by atoms with Crippen molar-refractivity contribution in [2.45, 2.75) is 33.0 Å². The van der Waals surface area contributed by atoms with Crippen LogP contribution in [0.2, 0.25) is 0 Å². The maximum absolute atomic E-state index is 12.6. The molecule has 0 fully saturated rings. The van der Waals surface area contributed by atoms with Crippen molar-refractivity contribution in [2.75, 3.05) is 6.61 Å². The van der Waals surface area contributed by atoms with Gasteiger partial charge in [-0.05, 0) is 37.3 Å². The molecule has 1 amide bonds. The molecule has 1 aromatic carbocycles. The van der Waals surface area contributed by atoms with Crippen LogP contribution in [0.3, 0.4) is 0 Å². The molecule has 0 bridgehead atoms. The molecule has 1 N–H and O–H groups in total. The summed E-state index contributed by atoms with van der Waals surface area (Å²) in [5.74, 6) is -0.697. The first-order valence-corrected chi connectivity index (χ1v) is 11.0. The van der Waals surface area contributed by atoms with Crippen LogP contribution < -0.4 is 15.6 Å². The molecule has 2 aromatic heterocycles. The molecule has 0 saturated carbocycles. The monoisotopic (exact) mass is 469 g/mol. The first-order valence-electron chi connectivity index (χ1n) is 10.2. The van der Waals surface area contributed by atoms with E-state index in [9.17, 15) is 19.2 Å². The van der Waals surface area contributed by atoms with Crippen LogP contribution in [0.1, 0.15) is 38.9 Å². The van der Waals surface area contributed by atoms with Crippen molar-refractivity contribution in [3.63, 3.8) is 0 Å². The molecule has 0 spiro atoms. The van der Waals surface area contributed by atoms with Gasteiger partial charge in [0.15, 0.2) is 11.8 Å².